The van der Waals surface area contributed by atoms with Crippen molar-refractivity contribution < 1.29 is 0 Å². The Morgan fingerprint density at radius 3 is 2.56 bits per heavy atom. The van der Waals surface area contributed by atoms with Crippen LogP contribution in [0.5, 0.6) is 0 Å². The Bertz CT molecular complexity index is 1180. The third kappa shape index (κ3) is 3.14. The van der Waals surface area contributed by atoms with Gasteiger partial charge < -0.3 is 0 Å². The Kier molecular flexibility index (Phi) is 4.74. The summed E-state index contributed by atoms with van der Waals surface area (Å²) >= 11 is 1.69. The van der Waals surface area contributed by atoms with Gasteiger partial charge >= 0.3 is 0 Å². The molecule has 138 valence electrons. The van der Waals surface area contributed by atoms with Crippen LogP contribution in [0.15, 0.2) is 58.5 Å². The first-order valence-electron chi connectivity index (χ1n) is 9.15. The molecule has 0 saturated carbocycles. The molecular weight excluding hydrogens is 356 g/mol. The zero-order chi connectivity index (χ0) is 19.0. The molecule has 0 fully saturated rings. The number of nitrogens with zero attached hydrogens (tertiary/aromatic N) is 4. The van der Waals surface area contributed by atoms with Crippen molar-refractivity contribution >= 4 is 28.4 Å². The number of thioether (sulfide) groups is 1. The lowest BCUT2D eigenvalue weighted by atomic mass is 10.2. The van der Waals surface area contributed by atoms with Crippen molar-refractivity contribution in [1.82, 2.24) is 19.2 Å². The molecule has 0 radical (unpaired) electrons. The predicted octanol–water partition coefficient (Wildman–Crippen LogP) is 4.48. The van der Waals surface area contributed by atoms with Crippen molar-refractivity contribution in [2.75, 3.05) is 5.75 Å². The molecule has 0 aliphatic rings. The lowest BCUT2D eigenvalue weighted by Crippen LogP contribution is -2.22. The minimum atomic E-state index is -0.0708. The van der Waals surface area contributed by atoms with E-state index in [0.29, 0.717) is 17.1 Å². The van der Waals surface area contributed by atoms with E-state index in [1.165, 1.54) is 0 Å². The first-order valence-corrected chi connectivity index (χ1v) is 10.1. The SMILES string of the molecule is Cc1ccccc1-n1c(=O)c2ccccc2n2c(SCCC(C)C)nnc12. The molecule has 0 amide bonds. The van der Waals surface area contributed by atoms with Crippen LogP contribution in [0.1, 0.15) is 25.8 Å². The number of hydrogen-bond acceptors (Lipinski definition) is 4. The third-order valence-corrected chi connectivity index (χ3v) is 5.64. The molecule has 2 aromatic carbocycles. The van der Waals surface area contributed by atoms with Gasteiger partial charge in [-0.15, -0.1) is 10.2 Å². The van der Waals surface area contributed by atoms with Gasteiger partial charge in [-0.25, -0.2) is 4.57 Å². The fourth-order valence-corrected chi connectivity index (χ4v) is 4.37. The summed E-state index contributed by atoms with van der Waals surface area (Å²) in [6.45, 7) is 6.43. The normalized spacial score (nSPS) is 11.7. The molecule has 0 atom stereocenters. The number of aromatic nitrogens is 4. The maximum absolute atomic E-state index is 13.3. The van der Waals surface area contributed by atoms with Crippen LogP contribution in [0.4, 0.5) is 0 Å². The minimum Gasteiger partial charge on any atom is -0.268 e. The molecule has 0 bridgehead atoms. The Hall–Kier alpha value is -2.60. The van der Waals surface area contributed by atoms with Crippen LogP contribution in [0, 0.1) is 12.8 Å². The summed E-state index contributed by atoms with van der Waals surface area (Å²) in [6.07, 6.45) is 1.11. The average Bonchev–Trinajstić information content (AvgIpc) is 3.07. The van der Waals surface area contributed by atoms with Gasteiger partial charge in [-0.2, -0.15) is 0 Å². The zero-order valence-corrected chi connectivity index (χ0v) is 16.5. The molecule has 0 N–H and O–H groups in total. The summed E-state index contributed by atoms with van der Waals surface area (Å²) in [4.78, 5) is 13.3. The Morgan fingerprint density at radius 2 is 1.78 bits per heavy atom. The lowest BCUT2D eigenvalue weighted by molar-refractivity contribution is 0.631. The molecule has 6 heteroatoms. The van der Waals surface area contributed by atoms with E-state index in [1.807, 2.05) is 59.9 Å². The highest BCUT2D eigenvalue weighted by atomic mass is 32.2. The third-order valence-electron chi connectivity index (χ3n) is 4.68. The van der Waals surface area contributed by atoms with Crippen molar-refractivity contribution in [3.63, 3.8) is 0 Å². The van der Waals surface area contributed by atoms with E-state index in [4.69, 9.17) is 0 Å². The summed E-state index contributed by atoms with van der Waals surface area (Å²) in [7, 11) is 0. The van der Waals surface area contributed by atoms with E-state index in [-0.39, 0.29) is 5.56 Å². The Balaban J connectivity index is 2.01. The number of benzene rings is 2. The fraction of sp³-hybridized carbons (Fsp3) is 0.286. The molecule has 0 aliphatic carbocycles. The van der Waals surface area contributed by atoms with Gasteiger partial charge in [-0.1, -0.05) is 55.9 Å². The second-order valence-electron chi connectivity index (χ2n) is 7.09. The van der Waals surface area contributed by atoms with Crippen LogP contribution < -0.4 is 5.56 Å². The van der Waals surface area contributed by atoms with Crippen LogP contribution in [-0.2, 0) is 0 Å². The zero-order valence-electron chi connectivity index (χ0n) is 15.7. The topological polar surface area (TPSA) is 52.2 Å². The van der Waals surface area contributed by atoms with Crippen LogP contribution >= 0.6 is 11.8 Å². The number of para-hydroxylation sites is 2. The largest absolute Gasteiger partial charge is 0.268 e. The number of aryl methyl sites for hydroxylation is 1. The van der Waals surface area contributed by atoms with Gasteiger partial charge in [0.25, 0.3) is 5.56 Å². The van der Waals surface area contributed by atoms with Crippen LogP contribution in [0.3, 0.4) is 0 Å². The smallest absolute Gasteiger partial charge is 0.267 e. The van der Waals surface area contributed by atoms with E-state index in [2.05, 4.69) is 24.0 Å². The molecule has 2 heterocycles. The second-order valence-corrected chi connectivity index (χ2v) is 8.16. The number of fused-ring (bicyclic) bond motifs is 3. The summed E-state index contributed by atoms with van der Waals surface area (Å²) in [5.41, 5.74) is 2.64. The first-order chi connectivity index (χ1) is 13.1. The summed E-state index contributed by atoms with van der Waals surface area (Å²) in [6, 6.07) is 15.5. The summed E-state index contributed by atoms with van der Waals surface area (Å²) in [5, 5.41) is 10.3. The maximum Gasteiger partial charge on any atom is 0.267 e. The van der Waals surface area contributed by atoms with Crippen LogP contribution in [-0.4, -0.2) is 24.9 Å². The molecule has 4 rings (SSSR count). The van der Waals surface area contributed by atoms with Gasteiger partial charge in [-0.05, 0) is 43.0 Å². The van der Waals surface area contributed by atoms with E-state index >= 15 is 0 Å². The predicted molar refractivity (Wildman–Crippen MR) is 111 cm³/mol. The molecular formula is C21H22N4OS. The van der Waals surface area contributed by atoms with Crippen LogP contribution in [0.25, 0.3) is 22.4 Å². The van der Waals surface area contributed by atoms with Crippen molar-refractivity contribution in [3.05, 3.63) is 64.4 Å². The molecule has 0 saturated heterocycles. The van der Waals surface area contributed by atoms with Crippen molar-refractivity contribution in [2.45, 2.75) is 32.3 Å². The summed E-state index contributed by atoms with van der Waals surface area (Å²) < 4.78 is 3.69. The van der Waals surface area contributed by atoms with Crippen molar-refractivity contribution in [3.8, 4) is 5.69 Å². The standard InChI is InChI=1S/C21H22N4OS/c1-14(2)12-13-27-21-23-22-20-24(17-10-6-4-8-15(17)3)19(26)16-9-5-7-11-18(16)25(20)21/h4-11,14H,12-13H2,1-3H3. The van der Waals surface area contributed by atoms with Crippen molar-refractivity contribution in [1.29, 1.82) is 0 Å². The lowest BCUT2D eigenvalue weighted by Gasteiger charge is -2.13. The van der Waals surface area contributed by atoms with E-state index in [0.717, 1.165) is 34.1 Å². The van der Waals surface area contributed by atoms with Gasteiger partial charge in [0.15, 0.2) is 5.16 Å². The highest BCUT2D eigenvalue weighted by molar-refractivity contribution is 7.99. The minimum absolute atomic E-state index is 0.0708. The monoisotopic (exact) mass is 378 g/mol. The highest BCUT2D eigenvalue weighted by Crippen LogP contribution is 2.25. The molecule has 0 unspecified atom stereocenters. The molecule has 27 heavy (non-hydrogen) atoms. The quantitative estimate of drug-likeness (QED) is 0.481. The van der Waals surface area contributed by atoms with Gasteiger partial charge in [0.05, 0.1) is 16.6 Å². The average molecular weight is 379 g/mol. The Labute approximate surface area is 162 Å². The van der Waals surface area contributed by atoms with Crippen LogP contribution in [0.2, 0.25) is 0 Å². The molecule has 5 nitrogen and oxygen atoms in total. The second kappa shape index (κ2) is 7.19. The maximum atomic E-state index is 13.3. The van der Waals surface area contributed by atoms with E-state index in [9.17, 15) is 4.79 Å². The van der Waals surface area contributed by atoms with E-state index < -0.39 is 0 Å². The highest BCUT2D eigenvalue weighted by Gasteiger charge is 2.18. The molecule has 2 aromatic heterocycles. The Morgan fingerprint density at radius 1 is 1.04 bits per heavy atom. The van der Waals surface area contributed by atoms with Gasteiger partial charge in [-0.3, -0.25) is 9.20 Å². The molecule has 0 aliphatic heterocycles. The molecule has 0 spiro atoms. The number of hydrogen-bond donors (Lipinski definition) is 0. The summed E-state index contributed by atoms with van der Waals surface area (Å²) in [5.74, 6) is 2.16. The van der Waals surface area contributed by atoms with Gasteiger partial charge in [0.1, 0.15) is 0 Å². The first kappa shape index (κ1) is 17.8. The molecule has 4 aromatic rings. The fourth-order valence-electron chi connectivity index (χ4n) is 3.19. The van der Waals surface area contributed by atoms with Crippen molar-refractivity contribution in [2.24, 2.45) is 5.92 Å². The van der Waals surface area contributed by atoms with Gasteiger partial charge in [0, 0.05) is 5.75 Å². The van der Waals surface area contributed by atoms with E-state index in [1.54, 1.807) is 16.3 Å². The number of rotatable bonds is 5. The van der Waals surface area contributed by atoms with Gasteiger partial charge in [0.2, 0.25) is 5.78 Å².